The van der Waals surface area contributed by atoms with Gasteiger partial charge in [0.1, 0.15) is 0 Å². The van der Waals surface area contributed by atoms with E-state index in [1.54, 1.807) is 23.6 Å². The normalized spacial score (nSPS) is 10.7. The first-order valence-corrected chi connectivity index (χ1v) is 11.3. The minimum Gasteiger partial charge on any atom is -0.309 e. The summed E-state index contributed by atoms with van der Waals surface area (Å²) >= 11 is 5.93. The number of nitrogens with zero attached hydrogens (tertiary/aromatic N) is 4. The van der Waals surface area contributed by atoms with Crippen LogP contribution >= 0.6 is 11.6 Å². The number of hydrogen-bond acceptors (Lipinski definition) is 6. The van der Waals surface area contributed by atoms with Gasteiger partial charge in [-0.05, 0) is 38.5 Å². The maximum atomic E-state index is 12.0. The van der Waals surface area contributed by atoms with Crippen LogP contribution in [0.15, 0.2) is 64.7 Å². The van der Waals surface area contributed by atoms with Crippen molar-refractivity contribution < 1.29 is 9.85 Å². The fraction of sp³-hybridized carbons (Fsp3) is 0.200. The molecule has 0 fully saturated rings. The van der Waals surface area contributed by atoms with Gasteiger partial charge in [0.25, 0.3) is 22.5 Å². The van der Waals surface area contributed by atoms with Crippen LogP contribution in [0.4, 0.5) is 11.4 Å². The molecule has 0 saturated carbocycles. The van der Waals surface area contributed by atoms with E-state index in [0.717, 1.165) is 0 Å². The fourth-order valence-electron chi connectivity index (χ4n) is 3.94. The van der Waals surface area contributed by atoms with Gasteiger partial charge in [-0.25, -0.2) is 0 Å². The van der Waals surface area contributed by atoms with Crippen LogP contribution in [0, 0.1) is 20.2 Å². The molecule has 0 aliphatic rings. The number of allylic oxidation sites excluding steroid dienone is 1. The second kappa shape index (κ2) is 10.5. The number of pyridine rings is 2. The van der Waals surface area contributed by atoms with Gasteiger partial charge in [-0.1, -0.05) is 23.8 Å². The van der Waals surface area contributed by atoms with Crippen molar-refractivity contribution in [3.8, 4) is 0 Å². The number of aryl methyl sites for hydroxylation is 2. The number of aromatic nitrogens is 2. The molecule has 0 spiro atoms. The second-order valence-electron chi connectivity index (χ2n) is 7.91. The van der Waals surface area contributed by atoms with Gasteiger partial charge in [-0.3, -0.25) is 29.8 Å². The van der Waals surface area contributed by atoms with Crippen molar-refractivity contribution >= 4 is 50.4 Å². The first-order chi connectivity index (χ1) is 17.0. The number of nitro benzene ring substituents is 2. The van der Waals surface area contributed by atoms with Gasteiger partial charge < -0.3 is 9.13 Å². The van der Waals surface area contributed by atoms with Crippen molar-refractivity contribution in [2.75, 3.05) is 0 Å². The molecular weight excluding hydrogens is 488 g/mol. The van der Waals surface area contributed by atoms with Crippen molar-refractivity contribution in [2.24, 2.45) is 0 Å². The summed E-state index contributed by atoms with van der Waals surface area (Å²) in [5, 5.41) is 23.0. The van der Waals surface area contributed by atoms with Crippen LogP contribution in [0.1, 0.15) is 26.3 Å². The van der Waals surface area contributed by atoms with Gasteiger partial charge in [0.05, 0.1) is 25.9 Å². The smallest absolute Gasteiger partial charge is 0.270 e. The van der Waals surface area contributed by atoms with E-state index in [9.17, 15) is 29.8 Å². The molecule has 4 aromatic rings. The van der Waals surface area contributed by atoms with E-state index in [1.807, 2.05) is 13.8 Å². The summed E-state index contributed by atoms with van der Waals surface area (Å²) in [4.78, 5) is 44.2. The summed E-state index contributed by atoms with van der Waals surface area (Å²) in [5.74, 6) is 0. The number of benzene rings is 2. The van der Waals surface area contributed by atoms with Crippen LogP contribution < -0.4 is 11.1 Å². The van der Waals surface area contributed by atoms with Gasteiger partial charge in [0.15, 0.2) is 0 Å². The minimum absolute atomic E-state index is 0.0105. The Balaban J connectivity index is 0.000000202. The van der Waals surface area contributed by atoms with Gasteiger partial charge in [0, 0.05) is 60.3 Å². The molecule has 0 N–H and O–H groups in total. The quantitative estimate of drug-likeness (QED) is 0.255. The summed E-state index contributed by atoms with van der Waals surface area (Å²) in [6.45, 7) is 10.3. The summed E-state index contributed by atoms with van der Waals surface area (Å²) in [5.41, 5.74) is 2.31. The number of rotatable bonds is 5. The minimum atomic E-state index is -0.489. The second-order valence-corrected chi connectivity index (χ2v) is 8.32. The summed E-state index contributed by atoms with van der Waals surface area (Å²) in [6, 6.07) is 11.6. The first-order valence-electron chi connectivity index (χ1n) is 11.0. The van der Waals surface area contributed by atoms with E-state index in [0.29, 0.717) is 46.0 Å². The zero-order valence-corrected chi connectivity index (χ0v) is 20.6. The molecule has 0 bridgehead atoms. The highest BCUT2D eigenvalue weighted by molar-refractivity contribution is 6.35. The summed E-state index contributed by atoms with van der Waals surface area (Å²) < 4.78 is 3.11. The van der Waals surface area contributed by atoms with Crippen molar-refractivity contribution in [3.05, 3.63) is 107 Å². The molecular formula is C25H23ClN4O6. The predicted octanol–water partition coefficient (Wildman–Crippen LogP) is 5.55. The van der Waals surface area contributed by atoms with Crippen molar-refractivity contribution in [1.82, 2.24) is 9.13 Å². The van der Waals surface area contributed by atoms with Crippen LogP contribution in [-0.4, -0.2) is 19.0 Å². The molecule has 186 valence electrons. The maximum absolute atomic E-state index is 12.0. The third kappa shape index (κ3) is 5.03. The van der Waals surface area contributed by atoms with E-state index in [-0.39, 0.29) is 27.5 Å². The van der Waals surface area contributed by atoms with E-state index in [2.05, 4.69) is 6.58 Å². The maximum Gasteiger partial charge on any atom is 0.270 e. The molecule has 0 aliphatic heterocycles. The zero-order chi connectivity index (χ0) is 26.7. The summed E-state index contributed by atoms with van der Waals surface area (Å²) in [6.07, 6.45) is 0. The average Bonchev–Trinajstić information content (AvgIpc) is 2.83. The van der Waals surface area contributed by atoms with Gasteiger partial charge in [-0.2, -0.15) is 0 Å². The van der Waals surface area contributed by atoms with Crippen molar-refractivity contribution in [3.63, 3.8) is 0 Å². The Morgan fingerprint density at radius 2 is 1.28 bits per heavy atom. The third-order valence-corrected chi connectivity index (χ3v) is 5.97. The molecule has 0 radical (unpaired) electrons. The Kier molecular flexibility index (Phi) is 7.69. The first kappa shape index (κ1) is 26.3. The van der Waals surface area contributed by atoms with E-state index < -0.39 is 9.85 Å². The average molecular weight is 511 g/mol. The monoisotopic (exact) mass is 510 g/mol. The summed E-state index contributed by atoms with van der Waals surface area (Å²) in [7, 11) is 0. The highest BCUT2D eigenvalue weighted by Gasteiger charge is 2.14. The SMILES string of the molecule is C=C(C)c1cc(=O)n(CC)c2ccc([N+](=O)[O-])cc12.CCn1c(=O)cc(Cl)c2cc([N+](=O)[O-])ccc21. The lowest BCUT2D eigenvalue weighted by atomic mass is 10.0. The van der Waals surface area contributed by atoms with Crippen molar-refractivity contribution in [1.29, 1.82) is 0 Å². The Bertz CT molecular complexity index is 1650. The van der Waals surface area contributed by atoms with E-state index >= 15 is 0 Å². The Hall–Kier alpha value is -4.31. The van der Waals surface area contributed by atoms with Gasteiger partial charge >= 0.3 is 0 Å². The highest BCUT2D eigenvalue weighted by Crippen LogP contribution is 2.27. The number of fused-ring (bicyclic) bond motifs is 2. The molecule has 11 heteroatoms. The molecule has 2 aromatic heterocycles. The zero-order valence-electron chi connectivity index (χ0n) is 19.9. The third-order valence-electron chi connectivity index (χ3n) is 5.65. The Morgan fingerprint density at radius 1 is 0.833 bits per heavy atom. The number of non-ortho nitro benzene ring substituents is 2. The van der Waals surface area contributed by atoms with Crippen LogP contribution in [0.5, 0.6) is 0 Å². The molecule has 0 aliphatic carbocycles. The number of halogens is 1. The lowest BCUT2D eigenvalue weighted by Gasteiger charge is -2.11. The molecule has 4 rings (SSSR count). The van der Waals surface area contributed by atoms with Crippen LogP contribution in [0.3, 0.4) is 0 Å². The molecule has 2 heterocycles. The lowest BCUT2D eigenvalue weighted by Crippen LogP contribution is -2.19. The molecule has 0 atom stereocenters. The lowest BCUT2D eigenvalue weighted by molar-refractivity contribution is -0.384. The van der Waals surface area contributed by atoms with Crippen LogP contribution in [0.25, 0.3) is 27.4 Å². The van der Waals surface area contributed by atoms with Gasteiger partial charge in [0.2, 0.25) is 0 Å². The molecule has 36 heavy (non-hydrogen) atoms. The fourth-order valence-corrected chi connectivity index (χ4v) is 4.18. The molecule has 2 aromatic carbocycles. The van der Waals surface area contributed by atoms with Crippen LogP contribution in [0.2, 0.25) is 5.02 Å². The Morgan fingerprint density at radius 3 is 1.72 bits per heavy atom. The topological polar surface area (TPSA) is 130 Å². The molecule has 10 nitrogen and oxygen atoms in total. The Labute approximate surface area is 210 Å². The van der Waals surface area contributed by atoms with Crippen LogP contribution in [-0.2, 0) is 13.1 Å². The highest BCUT2D eigenvalue weighted by atomic mass is 35.5. The molecule has 0 saturated heterocycles. The molecule has 0 unspecified atom stereocenters. The largest absolute Gasteiger partial charge is 0.309 e. The van der Waals surface area contributed by atoms with Gasteiger partial charge in [-0.15, -0.1) is 0 Å². The number of nitro groups is 2. The van der Waals surface area contributed by atoms with E-state index in [4.69, 9.17) is 11.6 Å². The van der Waals surface area contributed by atoms with Crippen molar-refractivity contribution in [2.45, 2.75) is 33.9 Å². The molecule has 0 amide bonds. The van der Waals surface area contributed by atoms with E-state index in [1.165, 1.54) is 41.0 Å². The number of hydrogen-bond donors (Lipinski definition) is 0. The standard InChI is InChI=1S/C14H14N2O3.C11H9ClN2O3/c1-4-15-13-6-5-10(16(18)19)7-12(13)11(9(2)3)8-14(15)17;1-2-13-10-4-3-7(14(16)17)5-8(10)9(12)6-11(13)15/h5-8H,2,4H2,1,3H3;3-6H,2H2,1H3. The predicted molar refractivity (Wildman–Crippen MR) is 141 cm³/mol.